The van der Waals surface area contributed by atoms with Gasteiger partial charge in [0.1, 0.15) is 12.4 Å². The summed E-state index contributed by atoms with van der Waals surface area (Å²) in [7, 11) is 0. The molecule has 0 aliphatic carbocycles. The van der Waals surface area contributed by atoms with Crippen LogP contribution in [0.2, 0.25) is 0 Å². The van der Waals surface area contributed by atoms with Crippen LogP contribution >= 0.6 is 0 Å². The molecule has 1 aliphatic rings. The van der Waals surface area contributed by atoms with E-state index in [0.29, 0.717) is 17.8 Å². The van der Waals surface area contributed by atoms with Crippen LogP contribution in [0.15, 0.2) is 59.7 Å². The van der Waals surface area contributed by atoms with Crippen LogP contribution in [0.1, 0.15) is 18.9 Å². The Labute approximate surface area is 161 Å². The number of fused-ring (bicyclic) bond motifs is 1. The Bertz CT molecular complexity index is 1080. The van der Waals surface area contributed by atoms with Crippen molar-refractivity contribution in [2.45, 2.75) is 32.4 Å². The predicted molar refractivity (Wildman–Crippen MR) is 103 cm³/mol. The van der Waals surface area contributed by atoms with E-state index in [0.717, 1.165) is 22.2 Å². The molecular weight excluding hydrogens is 359 g/mol. The molecule has 0 N–H and O–H groups in total. The first kappa shape index (κ1) is 18.0. The van der Waals surface area contributed by atoms with Crippen molar-refractivity contribution in [3.05, 3.63) is 76.6 Å². The summed E-state index contributed by atoms with van der Waals surface area (Å²) in [4.78, 5) is 31.0. The lowest BCUT2D eigenvalue weighted by molar-refractivity contribution is -0.120. The topological polar surface area (TPSA) is 68.1 Å². The highest BCUT2D eigenvalue weighted by Crippen LogP contribution is 2.31. The van der Waals surface area contributed by atoms with Gasteiger partial charge in [-0.2, -0.15) is 5.10 Å². The molecular formula is C21H19FN4O2. The fraction of sp³-hybridized carbons (Fsp3) is 0.238. The van der Waals surface area contributed by atoms with Crippen molar-refractivity contribution in [3.8, 4) is 11.3 Å². The third kappa shape index (κ3) is 3.43. The van der Waals surface area contributed by atoms with Crippen molar-refractivity contribution in [2.24, 2.45) is 0 Å². The van der Waals surface area contributed by atoms with Gasteiger partial charge < -0.3 is 4.90 Å². The number of rotatable bonds is 3. The fourth-order valence-corrected chi connectivity index (χ4v) is 3.54. The first-order valence-corrected chi connectivity index (χ1v) is 9.12. The molecule has 7 heteroatoms. The zero-order chi connectivity index (χ0) is 19.7. The van der Waals surface area contributed by atoms with Crippen molar-refractivity contribution in [2.75, 3.05) is 4.90 Å². The zero-order valence-electron chi connectivity index (χ0n) is 15.4. The average molecular weight is 378 g/mol. The van der Waals surface area contributed by atoms with Gasteiger partial charge in [-0.3, -0.25) is 14.6 Å². The molecule has 1 aromatic carbocycles. The van der Waals surface area contributed by atoms with Crippen molar-refractivity contribution < 1.29 is 9.18 Å². The summed E-state index contributed by atoms with van der Waals surface area (Å²) in [5, 5.41) is 4.33. The maximum absolute atomic E-state index is 13.6. The van der Waals surface area contributed by atoms with Gasteiger partial charge in [0.2, 0.25) is 5.91 Å². The predicted octanol–water partition coefficient (Wildman–Crippen LogP) is 2.81. The number of carbonyl (C=O) groups is 1. The summed E-state index contributed by atoms with van der Waals surface area (Å²) in [5.74, 6) is -0.569. The van der Waals surface area contributed by atoms with Crippen LogP contribution in [0.5, 0.6) is 0 Å². The molecule has 142 valence electrons. The van der Waals surface area contributed by atoms with E-state index in [1.54, 1.807) is 35.5 Å². The number of carbonyl (C=O) groups excluding carboxylic acids is 1. The molecule has 1 amide bonds. The van der Waals surface area contributed by atoms with E-state index < -0.39 is 0 Å². The minimum Gasteiger partial charge on any atom is -0.308 e. The standard InChI is InChI=1S/C21H19FN4O2/c1-14-4-5-15-11-17(22)6-8-19(15)26(14)21(28)13-25-20(27)9-7-18(24-25)16-3-2-10-23-12-16/h2-3,6-12,14H,4-5,13H2,1H3. The molecule has 0 fully saturated rings. The van der Waals surface area contributed by atoms with Gasteiger partial charge in [-0.05, 0) is 61.7 Å². The summed E-state index contributed by atoms with van der Waals surface area (Å²) in [6, 6.07) is 11.0. The van der Waals surface area contributed by atoms with Crippen molar-refractivity contribution in [1.29, 1.82) is 0 Å². The normalized spacial score (nSPS) is 15.9. The Morgan fingerprint density at radius 2 is 2.11 bits per heavy atom. The quantitative estimate of drug-likeness (QED) is 0.703. The molecule has 6 nitrogen and oxygen atoms in total. The number of aromatic nitrogens is 3. The number of hydrogen-bond donors (Lipinski definition) is 0. The highest BCUT2D eigenvalue weighted by molar-refractivity contribution is 5.95. The highest BCUT2D eigenvalue weighted by Gasteiger charge is 2.29. The summed E-state index contributed by atoms with van der Waals surface area (Å²) >= 11 is 0. The largest absolute Gasteiger partial charge is 0.308 e. The molecule has 28 heavy (non-hydrogen) atoms. The number of hydrogen-bond acceptors (Lipinski definition) is 4. The second-order valence-electron chi connectivity index (χ2n) is 6.88. The molecule has 1 aliphatic heterocycles. The van der Waals surface area contributed by atoms with Gasteiger partial charge in [-0.15, -0.1) is 0 Å². The Hall–Kier alpha value is -3.35. The van der Waals surface area contributed by atoms with Gasteiger partial charge in [-0.1, -0.05) is 0 Å². The van der Waals surface area contributed by atoms with Crippen LogP contribution in [0, 0.1) is 5.82 Å². The maximum Gasteiger partial charge on any atom is 0.267 e. The molecule has 1 atom stereocenters. The molecule has 0 spiro atoms. The summed E-state index contributed by atoms with van der Waals surface area (Å²) in [6.45, 7) is 1.76. The SMILES string of the molecule is CC1CCc2cc(F)ccc2N1C(=O)Cn1nc(-c2cccnc2)ccc1=O. The van der Waals surface area contributed by atoms with Gasteiger partial charge in [0, 0.05) is 35.8 Å². The third-order valence-corrected chi connectivity index (χ3v) is 4.95. The molecule has 0 radical (unpaired) electrons. The Kier molecular flexibility index (Phi) is 4.73. The lowest BCUT2D eigenvalue weighted by Gasteiger charge is -2.35. The van der Waals surface area contributed by atoms with E-state index in [-0.39, 0.29) is 29.9 Å². The fourth-order valence-electron chi connectivity index (χ4n) is 3.54. The minimum atomic E-state index is -0.356. The molecule has 3 heterocycles. The van der Waals surface area contributed by atoms with Crippen molar-refractivity contribution >= 4 is 11.6 Å². The van der Waals surface area contributed by atoms with Crippen molar-refractivity contribution in [3.63, 3.8) is 0 Å². The van der Waals surface area contributed by atoms with Crippen LogP contribution in [-0.4, -0.2) is 26.7 Å². The zero-order valence-corrected chi connectivity index (χ0v) is 15.4. The van der Waals surface area contributed by atoms with Crippen LogP contribution in [0.4, 0.5) is 10.1 Å². The number of benzene rings is 1. The van der Waals surface area contributed by atoms with Crippen LogP contribution in [0.25, 0.3) is 11.3 Å². The van der Waals surface area contributed by atoms with Crippen LogP contribution < -0.4 is 10.5 Å². The Morgan fingerprint density at radius 1 is 1.25 bits per heavy atom. The van der Waals surface area contributed by atoms with E-state index in [1.807, 2.05) is 13.0 Å². The molecule has 3 aromatic rings. The first-order chi connectivity index (χ1) is 13.5. The lowest BCUT2D eigenvalue weighted by atomic mass is 9.96. The van der Waals surface area contributed by atoms with Gasteiger partial charge >= 0.3 is 0 Å². The average Bonchev–Trinajstić information content (AvgIpc) is 2.70. The van der Waals surface area contributed by atoms with Gasteiger partial charge in [0.15, 0.2) is 0 Å². The van der Waals surface area contributed by atoms with E-state index in [9.17, 15) is 14.0 Å². The number of anilines is 1. The van der Waals surface area contributed by atoms with E-state index >= 15 is 0 Å². The summed E-state index contributed by atoms with van der Waals surface area (Å²) in [6.07, 6.45) is 4.75. The monoisotopic (exact) mass is 378 g/mol. The van der Waals surface area contributed by atoms with Crippen molar-refractivity contribution in [1.82, 2.24) is 14.8 Å². The Balaban J connectivity index is 1.65. The highest BCUT2D eigenvalue weighted by atomic mass is 19.1. The van der Waals surface area contributed by atoms with Gasteiger partial charge in [0.25, 0.3) is 5.56 Å². The van der Waals surface area contributed by atoms with E-state index in [1.165, 1.54) is 18.2 Å². The third-order valence-electron chi connectivity index (χ3n) is 4.95. The molecule has 1 unspecified atom stereocenters. The lowest BCUT2D eigenvalue weighted by Crippen LogP contribution is -2.45. The van der Waals surface area contributed by atoms with Gasteiger partial charge in [-0.25, -0.2) is 9.07 Å². The van der Waals surface area contributed by atoms with E-state index in [2.05, 4.69) is 10.1 Å². The molecule has 0 saturated carbocycles. The second-order valence-corrected chi connectivity index (χ2v) is 6.88. The number of aryl methyl sites for hydroxylation is 1. The number of halogens is 1. The molecule has 0 saturated heterocycles. The van der Waals surface area contributed by atoms with Crippen LogP contribution in [0.3, 0.4) is 0 Å². The first-order valence-electron chi connectivity index (χ1n) is 9.12. The summed E-state index contributed by atoms with van der Waals surface area (Å²) < 4.78 is 14.7. The number of amides is 1. The molecule has 2 aromatic heterocycles. The number of nitrogens with zero attached hydrogens (tertiary/aromatic N) is 4. The van der Waals surface area contributed by atoms with E-state index in [4.69, 9.17) is 0 Å². The molecule has 4 rings (SSSR count). The second kappa shape index (κ2) is 7.34. The maximum atomic E-state index is 13.6. The van der Waals surface area contributed by atoms with Crippen LogP contribution in [-0.2, 0) is 17.8 Å². The number of pyridine rings is 1. The smallest absolute Gasteiger partial charge is 0.267 e. The minimum absolute atomic E-state index is 0.0392. The van der Waals surface area contributed by atoms with Gasteiger partial charge in [0.05, 0.1) is 5.69 Å². The summed E-state index contributed by atoms with van der Waals surface area (Å²) in [5.41, 5.74) is 2.47. The molecule has 0 bridgehead atoms. The Morgan fingerprint density at radius 3 is 2.89 bits per heavy atom.